The second-order valence-corrected chi connectivity index (χ2v) is 2.65. The summed E-state index contributed by atoms with van der Waals surface area (Å²) in [5, 5.41) is 6.65. The van der Waals surface area contributed by atoms with Crippen LogP contribution in [0.2, 0.25) is 0 Å². The molecule has 3 aliphatic heterocycles. The molecular formula is C6H11N2. The topological polar surface area (TPSA) is 24.1 Å². The zero-order chi connectivity index (χ0) is 5.40. The molecule has 0 aromatic heterocycles. The number of hydrogen-bond donors (Lipinski definition) is 2. The van der Waals surface area contributed by atoms with Crippen LogP contribution in [0, 0.1) is 12.1 Å². The highest BCUT2D eigenvalue weighted by Crippen LogP contribution is 2.21. The Kier molecular flexibility index (Phi) is 1.02. The van der Waals surface area contributed by atoms with Crippen molar-refractivity contribution in [1.82, 2.24) is 10.6 Å². The maximum absolute atomic E-state index is 3.32. The van der Waals surface area contributed by atoms with Crippen LogP contribution < -0.4 is 10.6 Å². The highest BCUT2D eigenvalue weighted by atomic mass is 15.2. The van der Waals surface area contributed by atoms with E-state index in [0.29, 0.717) is 0 Å². The summed E-state index contributed by atoms with van der Waals surface area (Å²) in [7, 11) is 0. The van der Waals surface area contributed by atoms with Crippen LogP contribution in [0.15, 0.2) is 0 Å². The second-order valence-electron chi connectivity index (χ2n) is 2.65. The molecular weight excluding hydrogens is 100 g/mol. The maximum atomic E-state index is 3.32. The Morgan fingerprint density at radius 1 is 1.25 bits per heavy atom. The highest BCUT2D eigenvalue weighted by molar-refractivity contribution is 4.96. The Bertz CT molecular complexity index is 61.5. The van der Waals surface area contributed by atoms with Crippen LogP contribution in [-0.2, 0) is 0 Å². The van der Waals surface area contributed by atoms with Gasteiger partial charge in [0, 0.05) is 13.1 Å². The summed E-state index contributed by atoms with van der Waals surface area (Å²) in [6.45, 7) is 2.42. The van der Waals surface area contributed by atoms with E-state index < -0.39 is 0 Å². The molecule has 0 saturated carbocycles. The second kappa shape index (κ2) is 1.71. The molecule has 2 N–H and O–H groups in total. The lowest BCUT2D eigenvalue weighted by atomic mass is 9.93. The van der Waals surface area contributed by atoms with Crippen molar-refractivity contribution < 1.29 is 0 Å². The number of hydrogen-bond acceptors (Lipinski definition) is 2. The van der Waals surface area contributed by atoms with Crippen molar-refractivity contribution in [3.05, 3.63) is 6.17 Å². The number of piperidine rings is 2. The third-order valence-corrected chi connectivity index (χ3v) is 2.01. The fourth-order valence-electron chi connectivity index (χ4n) is 1.40. The first-order chi connectivity index (χ1) is 3.95. The Balaban J connectivity index is 2.03. The van der Waals surface area contributed by atoms with E-state index in [1.54, 1.807) is 0 Å². The fraction of sp³-hybridized carbons (Fsp3) is 0.833. The van der Waals surface area contributed by atoms with Gasteiger partial charge in [0.1, 0.15) is 6.17 Å². The summed E-state index contributed by atoms with van der Waals surface area (Å²) in [6.07, 6.45) is 4.02. The zero-order valence-corrected chi connectivity index (χ0v) is 4.91. The van der Waals surface area contributed by atoms with E-state index >= 15 is 0 Å². The fourth-order valence-corrected chi connectivity index (χ4v) is 1.40. The lowest BCUT2D eigenvalue weighted by Gasteiger charge is -2.36. The first kappa shape index (κ1) is 4.77. The van der Waals surface area contributed by atoms with Gasteiger partial charge in [-0.05, 0) is 18.8 Å². The van der Waals surface area contributed by atoms with Crippen molar-refractivity contribution in [3.8, 4) is 0 Å². The van der Waals surface area contributed by atoms with E-state index in [1.807, 2.05) is 0 Å². The van der Waals surface area contributed by atoms with Crippen molar-refractivity contribution in [2.24, 2.45) is 5.92 Å². The van der Waals surface area contributed by atoms with Crippen LogP contribution in [0.4, 0.5) is 0 Å². The molecule has 2 nitrogen and oxygen atoms in total. The quantitative estimate of drug-likeness (QED) is 0.462. The third kappa shape index (κ3) is 0.644. The molecule has 3 aliphatic rings. The summed E-state index contributed by atoms with van der Waals surface area (Å²) >= 11 is 0. The molecule has 0 unspecified atom stereocenters. The summed E-state index contributed by atoms with van der Waals surface area (Å²) in [5.74, 6) is 0.910. The van der Waals surface area contributed by atoms with Crippen LogP contribution in [0.1, 0.15) is 12.8 Å². The average Bonchev–Trinajstić information content (AvgIpc) is 1.92. The summed E-state index contributed by atoms with van der Waals surface area (Å²) in [6, 6.07) is 0. The van der Waals surface area contributed by atoms with Crippen molar-refractivity contribution in [3.63, 3.8) is 0 Å². The van der Waals surface area contributed by atoms with Gasteiger partial charge in [-0.3, -0.25) is 10.6 Å². The first-order valence-corrected chi connectivity index (χ1v) is 3.29. The molecule has 3 rings (SSSR count). The standard InChI is InChI=1S/C6H11N2/c1-2-6-7-3-5(1)4-8-6/h5,7-8H,1-4H2. The van der Waals surface area contributed by atoms with Gasteiger partial charge < -0.3 is 0 Å². The molecule has 0 aliphatic carbocycles. The molecule has 8 heavy (non-hydrogen) atoms. The monoisotopic (exact) mass is 111 g/mol. The highest BCUT2D eigenvalue weighted by Gasteiger charge is 2.26. The molecule has 2 bridgehead atoms. The van der Waals surface area contributed by atoms with E-state index in [2.05, 4.69) is 10.6 Å². The number of fused-ring (bicyclic) bond motifs is 3. The number of nitrogens with one attached hydrogen (secondary N) is 2. The van der Waals surface area contributed by atoms with Crippen molar-refractivity contribution in [2.45, 2.75) is 12.8 Å². The molecule has 3 heterocycles. The van der Waals surface area contributed by atoms with Gasteiger partial charge in [-0.25, -0.2) is 0 Å². The predicted octanol–water partition coefficient (Wildman–Crippen LogP) is 0.0787. The third-order valence-electron chi connectivity index (χ3n) is 2.01. The summed E-state index contributed by atoms with van der Waals surface area (Å²) < 4.78 is 0. The SMILES string of the molecule is C1CC2CN[C]1NC2. The normalized spacial score (nSPS) is 31.5. The minimum absolute atomic E-state index is 0.910. The largest absolute Gasteiger partial charge is 0.296 e. The molecule has 45 valence electrons. The van der Waals surface area contributed by atoms with Gasteiger partial charge in [0.05, 0.1) is 0 Å². The molecule has 0 aromatic carbocycles. The van der Waals surface area contributed by atoms with Crippen LogP contribution in [0.5, 0.6) is 0 Å². The van der Waals surface area contributed by atoms with Gasteiger partial charge in [-0.1, -0.05) is 0 Å². The van der Waals surface area contributed by atoms with Crippen LogP contribution >= 0.6 is 0 Å². The molecule has 0 aromatic rings. The van der Waals surface area contributed by atoms with Crippen LogP contribution in [0.3, 0.4) is 0 Å². The lowest BCUT2D eigenvalue weighted by molar-refractivity contribution is 0.273. The zero-order valence-electron chi connectivity index (χ0n) is 4.91. The van der Waals surface area contributed by atoms with Gasteiger partial charge in [-0.2, -0.15) is 0 Å². The maximum Gasteiger partial charge on any atom is 0.101 e. The van der Waals surface area contributed by atoms with E-state index in [9.17, 15) is 0 Å². The predicted molar refractivity (Wildman–Crippen MR) is 32.0 cm³/mol. The van der Waals surface area contributed by atoms with E-state index in [0.717, 1.165) is 5.92 Å². The summed E-state index contributed by atoms with van der Waals surface area (Å²) in [4.78, 5) is 0. The molecule has 1 radical (unpaired) electrons. The Labute approximate surface area is 49.7 Å². The molecule has 0 spiro atoms. The minimum atomic E-state index is 0.910. The molecule has 3 saturated heterocycles. The Hall–Kier alpha value is -0.0800. The van der Waals surface area contributed by atoms with Crippen molar-refractivity contribution in [1.29, 1.82) is 0 Å². The minimum Gasteiger partial charge on any atom is -0.296 e. The van der Waals surface area contributed by atoms with Gasteiger partial charge >= 0.3 is 0 Å². The van der Waals surface area contributed by atoms with E-state index in [1.165, 1.54) is 32.1 Å². The average molecular weight is 111 g/mol. The van der Waals surface area contributed by atoms with Crippen molar-refractivity contribution in [2.75, 3.05) is 13.1 Å². The molecule has 0 amide bonds. The Morgan fingerprint density at radius 2 is 2.00 bits per heavy atom. The molecule has 2 heteroatoms. The van der Waals surface area contributed by atoms with Gasteiger partial charge in [0.25, 0.3) is 0 Å². The number of rotatable bonds is 0. The summed E-state index contributed by atoms with van der Waals surface area (Å²) in [5.41, 5.74) is 0. The smallest absolute Gasteiger partial charge is 0.101 e. The Morgan fingerprint density at radius 3 is 2.12 bits per heavy atom. The van der Waals surface area contributed by atoms with Crippen LogP contribution in [0.25, 0.3) is 0 Å². The first-order valence-electron chi connectivity index (χ1n) is 3.29. The van der Waals surface area contributed by atoms with Gasteiger partial charge in [0.15, 0.2) is 0 Å². The van der Waals surface area contributed by atoms with Crippen LogP contribution in [-0.4, -0.2) is 13.1 Å². The van der Waals surface area contributed by atoms with Crippen molar-refractivity contribution >= 4 is 0 Å². The molecule has 3 fully saturated rings. The van der Waals surface area contributed by atoms with E-state index in [4.69, 9.17) is 0 Å². The lowest BCUT2D eigenvalue weighted by Crippen LogP contribution is -2.51. The van der Waals surface area contributed by atoms with Gasteiger partial charge in [-0.15, -0.1) is 0 Å². The van der Waals surface area contributed by atoms with Gasteiger partial charge in [0.2, 0.25) is 0 Å². The molecule has 0 atom stereocenters. The van der Waals surface area contributed by atoms with E-state index in [-0.39, 0.29) is 0 Å².